The van der Waals surface area contributed by atoms with E-state index in [-0.39, 0.29) is 6.04 Å². The molecule has 0 bridgehead atoms. The van der Waals surface area contributed by atoms with Gasteiger partial charge in [-0.2, -0.15) is 0 Å². The predicted octanol–water partition coefficient (Wildman–Crippen LogP) is 3.41. The number of nitrogens with one attached hydrogen (secondary N) is 1. The van der Waals surface area contributed by atoms with Gasteiger partial charge in [0.05, 0.1) is 11.4 Å². The lowest BCUT2D eigenvalue weighted by Crippen LogP contribution is -2.26. The lowest BCUT2D eigenvalue weighted by Gasteiger charge is -2.23. The Morgan fingerprint density at radius 2 is 2.00 bits per heavy atom. The fourth-order valence-corrected chi connectivity index (χ4v) is 3.82. The Balaban J connectivity index is 2.04. The lowest BCUT2D eigenvalue weighted by atomic mass is 10.1. The van der Waals surface area contributed by atoms with Crippen LogP contribution in [0.15, 0.2) is 36.7 Å². The normalized spacial score (nSPS) is 12.5. The summed E-state index contributed by atoms with van der Waals surface area (Å²) in [5, 5.41) is 13.6. The molecule has 3 rings (SSSR count). The number of nitrogens with zero attached hydrogens (tertiary/aromatic N) is 3. The van der Waals surface area contributed by atoms with Gasteiger partial charge in [0.25, 0.3) is 0 Å². The van der Waals surface area contributed by atoms with E-state index in [1.807, 2.05) is 32.3 Å². The number of aryl methyl sites for hydroxylation is 1. The van der Waals surface area contributed by atoms with Crippen molar-refractivity contribution >= 4 is 33.3 Å². The summed E-state index contributed by atoms with van der Waals surface area (Å²) in [6.45, 7) is 2.59. The minimum atomic E-state index is -0.931. The first kappa shape index (κ1) is 17.3. The summed E-state index contributed by atoms with van der Waals surface area (Å²) in [6.07, 6.45) is 1.48. The van der Waals surface area contributed by atoms with Crippen molar-refractivity contribution in [1.29, 1.82) is 0 Å². The molecular formula is C18H20N4O2S. The molecule has 2 heterocycles. The lowest BCUT2D eigenvalue weighted by molar-refractivity contribution is 0.0701. The topological polar surface area (TPSA) is 78.3 Å². The Morgan fingerprint density at radius 1 is 1.28 bits per heavy atom. The Hall–Kier alpha value is -2.51. The molecule has 6 nitrogen and oxygen atoms in total. The number of benzene rings is 1. The zero-order valence-electron chi connectivity index (χ0n) is 14.4. The summed E-state index contributed by atoms with van der Waals surface area (Å²) in [5.74, 6) is -0.263. The zero-order chi connectivity index (χ0) is 18.0. The molecule has 25 heavy (non-hydrogen) atoms. The number of carboxylic acids is 1. The SMILES string of the molecule is Cc1c(C(=O)O)sc2ncnc(N[C@H](CN(C)C)c3ccccc3)c12. The summed E-state index contributed by atoms with van der Waals surface area (Å²) in [5.41, 5.74) is 1.85. The Bertz CT molecular complexity index is 893. The van der Waals surface area contributed by atoms with E-state index in [0.29, 0.717) is 21.1 Å². The van der Waals surface area contributed by atoms with Gasteiger partial charge < -0.3 is 15.3 Å². The summed E-state index contributed by atoms with van der Waals surface area (Å²) >= 11 is 1.18. The number of anilines is 1. The van der Waals surface area contributed by atoms with E-state index in [4.69, 9.17) is 0 Å². The molecule has 0 unspecified atom stereocenters. The highest BCUT2D eigenvalue weighted by molar-refractivity contribution is 7.20. The average Bonchev–Trinajstić information content (AvgIpc) is 2.93. The fourth-order valence-electron chi connectivity index (χ4n) is 2.83. The van der Waals surface area contributed by atoms with Crippen LogP contribution in [0.3, 0.4) is 0 Å². The smallest absolute Gasteiger partial charge is 0.346 e. The van der Waals surface area contributed by atoms with Crippen molar-refractivity contribution in [3.8, 4) is 0 Å². The zero-order valence-corrected chi connectivity index (χ0v) is 15.2. The second-order valence-corrected chi connectivity index (χ2v) is 7.13. The van der Waals surface area contributed by atoms with Crippen molar-refractivity contribution in [3.05, 3.63) is 52.7 Å². The monoisotopic (exact) mass is 356 g/mol. The third-order valence-electron chi connectivity index (χ3n) is 3.98. The van der Waals surface area contributed by atoms with Crippen LogP contribution in [-0.2, 0) is 0 Å². The highest BCUT2D eigenvalue weighted by atomic mass is 32.1. The van der Waals surface area contributed by atoms with Gasteiger partial charge in [-0.15, -0.1) is 11.3 Å². The largest absolute Gasteiger partial charge is 0.477 e. The van der Waals surface area contributed by atoms with Crippen LogP contribution in [0.4, 0.5) is 5.82 Å². The van der Waals surface area contributed by atoms with Crippen molar-refractivity contribution in [2.24, 2.45) is 0 Å². The third-order valence-corrected chi connectivity index (χ3v) is 5.17. The molecule has 130 valence electrons. The molecule has 0 aliphatic carbocycles. The van der Waals surface area contributed by atoms with Gasteiger partial charge in [-0.3, -0.25) is 0 Å². The van der Waals surface area contributed by atoms with Crippen LogP contribution >= 0.6 is 11.3 Å². The number of hydrogen-bond donors (Lipinski definition) is 2. The van der Waals surface area contributed by atoms with Crippen LogP contribution in [0.2, 0.25) is 0 Å². The van der Waals surface area contributed by atoms with Crippen LogP contribution in [0, 0.1) is 6.92 Å². The van der Waals surface area contributed by atoms with Crippen molar-refractivity contribution in [2.45, 2.75) is 13.0 Å². The number of carboxylic acid groups (broad SMARTS) is 1. The molecule has 0 aliphatic rings. The number of hydrogen-bond acceptors (Lipinski definition) is 6. The number of rotatable bonds is 6. The number of carbonyl (C=O) groups is 1. The number of likely N-dealkylation sites (N-methyl/N-ethyl adjacent to an activating group) is 1. The minimum absolute atomic E-state index is 0.0295. The molecule has 0 aliphatic heterocycles. The molecule has 3 aromatic rings. The van der Waals surface area contributed by atoms with Gasteiger partial charge in [0.15, 0.2) is 0 Å². The maximum atomic E-state index is 11.4. The van der Waals surface area contributed by atoms with E-state index in [2.05, 4.69) is 32.3 Å². The average molecular weight is 356 g/mol. The number of thiophene rings is 1. The van der Waals surface area contributed by atoms with Crippen LogP contribution in [0.1, 0.15) is 26.8 Å². The molecule has 0 radical (unpaired) electrons. The molecule has 2 N–H and O–H groups in total. The highest BCUT2D eigenvalue weighted by Crippen LogP contribution is 2.34. The first-order chi connectivity index (χ1) is 12.0. The van der Waals surface area contributed by atoms with E-state index in [1.165, 1.54) is 17.7 Å². The molecule has 1 atom stereocenters. The Kier molecular flexibility index (Phi) is 4.96. The molecule has 0 saturated carbocycles. The van der Waals surface area contributed by atoms with Crippen molar-refractivity contribution in [1.82, 2.24) is 14.9 Å². The molecule has 0 spiro atoms. The van der Waals surface area contributed by atoms with Crippen LogP contribution in [0.5, 0.6) is 0 Å². The first-order valence-corrected chi connectivity index (χ1v) is 8.72. The highest BCUT2D eigenvalue weighted by Gasteiger charge is 2.21. The minimum Gasteiger partial charge on any atom is -0.477 e. The summed E-state index contributed by atoms with van der Waals surface area (Å²) in [4.78, 5) is 23.1. The van der Waals surface area contributed by atoms with Gasteiger partial charge in [-0.05, 0) is 32.1 Å². The van der Waals surface area contributed by atoms with Crippen LogP contribution in [0.25, 0.3) is 10.2 Å². The van der Waals surface area contributed by atoms with E-state index in [0.717, 1.165) is 17.5 Å². The molecule has 2 aromatic heterocycles. The van der Waals surface area contributed by atoms with Gasteiger partial charge in [-0.25, -0.2) is 14.8 Å². The number of aromatic nitrogens is 2. The van der Waals surface area contributed by atoms with Crippen molar-refractivity contribution in [2.75, 3.05) is 26.0 Å². The quantitative estimate of drug-likeness (QED) is 0.705. The van der Waals surface area contributed by atoms with Crippen LogP contribution in [-0.4, -0.2) is 46.6 Å². The second-order valence-electron chi connectivity index (χ2n) is 6.13. The molecule has 7 heteroatoms. The summed E-state index contributed by atoms with van der Waals surface area (Å²) < 4.78 is 0. The van der Waals surface area contributed by atoms with Crippen LogP contribution < -0.4 is 5.32 Å². The molecule has 0 amide bonds. The molecule has 1 aromatic carbocycles. The predicted molar refractivity (Wildman–Crippen MR) is 100 cm³/mol. The summed E-state index contributed by atoms with van der Waals surface area (Å²) in [7, 11) is 4.04. The van der Waals surface area contributed by atoms with E-state index >= 15 is 0 Å². The second kappa shape index (κ2) is 7.16. The molecule has 0 fully saturated rings. The standard InChI is InChI=1S/C18H20N4O2S/c1-11-14-16(19-10-20-17(14)25-15(11)18(23)24)21-13(9-22(2)3)12-7-5-4-6-8-12/h4-8,10,13H,9H2,1-3H3,(H,23,24)(H,19,20,21)/t13-/m1/s1. The van der Waals surface area contributed by atoms with Gasteiger partial charge >= 0.3 is 5.97 Å². The first-order valence-electron chi connectivity index (χ1n) is 7.91. The van der Waals surface area contributed by atoms with Gasteiger partial charge in [-0.1, -0.05) is 30.3 Å². The number of fused-ring (bicyclic) bond motifs is 1. The van der Waals surface area contributed by atoms with Gasteiger partial charge in [0, 0.05) is 6.54 Å². The maximum absolute atomic E-state index is 11.4. The Labute approximate surface area is 150 Å². The van der Waals surface area contributed by atoms with E-state index in [9.17, 15) is 9.90 Å². The van der Waals surface area contributed by atoms with Gasteiger partial charge in [0.2, 0.25) is 0 Å². The molecular weight excluding hydrogens is 336 g/mol. The van der Waals surface area contributed by atoms with Crippen molar-refractivity contribution < 1.29 is 9.90 Å². The van der Waals surface area contributed by atoms with E-state index in [1.54, 1.807) is 6.92 Å². The fraction of sp³-hybridized carbons (Fsp3) is 0.278. The van der Waals surface area contributed by atoms with Crippen molar-refractivity contribution in [3.63, 3.8) is 0 Å². The van der Waals surface area contributed by atoms with E-state index < -0.39 is 5.97 Å². The summed E-state index contributed by atoms with van der Waals surface area (Å²) in [6, 6.07) is 10.2. The maximum Gasteiger partial charge on any atom is 0.346 e. The Morgan fingerprint density at radius 3 is 2.64 bits per heavy atom. The van der Waals surface area contributed by atoms with Gasteiger partial charge in [0.1, 0.15) is 21.9 Å². The number of aromatic carboxylic acids is 1. The third kappa shape index (κ3) is 3.62. The molecule has 0 saturated heterocycles.